The maximum atomic E-state index is 12.6. The number of halogens is 2. The molecule has 2 aromatic rings. The van der Waals surface area contributed by atoms with E-state index in [0.717, 1.165) is 53.1 Å². The molecule has 1 fully saturated rings. The molecule has 0 unspecified atom stereocenters. The van der Waals surface area contributed by atoms with Crippen molar-refractivity contribution in [1.82, 2.24) is 15.2 Å². The summed E-state index contributed by atoms with van der Waals surface area (Å²) >= 11 is 3.18. The lowest BCUT2D eigenvalue weighted by Gasteiger charge is -2.19. The van der Waals surface area contributed by atoms with Crippen LogP contribution in [0.1, 0.15) is 21.8 Å². The normalized spacial score (nSPS) is 14.7. The van der Waals surface area contributed by atoms with Gasteiger partial charge in [-0.3, -0.25) is 4.79 Å². The Hall–Kier alpha value is -0.660. The van der Waals surface area contributed by atoms with Crippen LogP contribution in [-0.4, -0.2) is 42.0 Å². The van der Waals surface area contributed by atoms with Gasteiger partial charge < -0.3 is 10.2 Å². The number of aromatic nitrogens is 1. The Bertz CT molecular complexity index is 593. The number of amides is 1. The molecule has 1 saturated heterocycles. The number of thiazole rings is 1. The van der Waals surface area contributed by atoms with Crippen molar-refractivity contribution < 1.29 is 4.79 Å². The van der Waals surface area contributed by atoms with E-state index < -0.39 is 0 Å². The number of carbonyl (C=O) groups is 1. The molecule has 0 aromatic carbocycles. The monoisotopic (exact) mass is 379 g/mol. The maximum Gasteiger partial charge on any atom is 0.265 e. The molecule has 0 spiro atoms. The van der Waals surface area contributed by atoms with Crippen LogP contribution in [0.15, 0.2) is 17.5 Å². The zero-order valence-electron chi connectivity index (χ0n) is 12.2. The second-order valence-corrected chi connectivity index (χ2v) is 6.75. The minimum absolute atomic E-state index is 0. The summed E-state index contributed by atoms with van der Waals surface area (Å²) in [4.78, 5) is 21.1. The van der Waals surface area contributed by atoms with Crippen LogP contribution in [0, 0.1) is 6.92 Å². The van der Waals surface area contributed by atoms with Crippen LogP contribution < -0.4 is 5.32 Å². The van der Waals surface area contributed by atoms with Gasteiger partial charge in [0.15, 0.2) is 0 Å². The number of carbonyl (C=O) groups excluding carboxylic acids is 1. The molecule has 1 amide bonds. The van der Waals surface area contributed by atoms with Crippen molar-refractivity contribution in [3.8, 4) is 9.88 Å². The van der Waals surface area contributed by atoms with Crippen molar-refractivity contribution in [2.45, 2.75) is 13.3 Å². The summed E-state index contributed by atoms with van der Waals surface area (Å²) in [5, 5.41) is 6.31. The van der Waals surface area contributed by atoms with Crippen molar-refractivity contribution in [2.75, 3.05) is 26.2 Å². The lowest BCUT2D eigenvalue weighted by Crippen LogP contribution is -2.34. The van der Waals surface area contributed by atoms with Gasteiger partial charge in [0, 0.05) is 19.6 Å². The molecule has 2 aromatic heterocycles. The summed E-state index contributed by atoms with van der Waals surface area (Å²) in [6, 6.07) is 4.06. The van der Waals surface area contributed by atoms with Crippen LogP contribution in [0.2, 0.25) is 0 Å². The van der Waals surface area contributed by atoms with Gasteiger partial charge in [0.1, 0.15) is 9.88 Å². The summed E-state index contributed by atoms with van der Waals surface area (Å²) < 4.78 is 0. The zero-order valence-corrected chi connectivity index (χ0v) is 15.5. The lowest BCUT2D eigenvalue weighted by molar-refractivity contribution is 0.0770. The molecule has 1 aliphatic heterocycles. The Morgan fingerprint density at radius 3 is 2.86 bits per heavy atom. The predicted molar refractivity (Wildman–Crippen MR) is 98.1 cm³/mol. The van der Waals surface area contributed by atoms with Gasteiger partial charge >= 0.3 is 0 Å². The average Bonchev–Trinajstić information content (AvgIpc) is 3.01. The minimum Gasteiger partial charge on any atom is -0.337 e. The van der Waals surface area contributed by atoms with Crippen molar-refractivity contribution >= 4 is 53.4 Å². The standard InChI is InChI=1S/C14H17N3OS2.2ClH/c1-10-12(14(18)17-7-3-5-15-6-8-17)20-13(16-10)11-4-2-9-19-11;;/h2,4,9,15H,3,5-8H2,1H3;2*1H. The summed E-state index contributed by atoms with van der Waals surface area (Å²) in [5.74, 6) is 0.131. The topological polar surface area (TPSA) is 45.2 Å². The molecule has 0 aliphatic carbocycles. The highest BCUT2D eigenvalue weighted by atomic mass is 35.5. The van der Waals surface area contributed by atoms with E-state index in [1.54, 1.807) is 11.3 Å². The van der Waals surface area contributed by atoms with Gasteiger partial charge in [-0.2, -0.15) is 0 Å². The number of thiophene rings is 1. The van der Waals surface area contributed by atoms with Crippen LogP contribution in [-0.2, 0) is 0 Å². The largest absolute Gasteiger partial charge is 0.337 e. The van der Waals surface area contributed by atoms with Crippen LogP contribution in [0.4, 0.5) is 0 Å². The van der Waals surface area contributed by atoms with Crippen LogP contribution in [0.5, 0.6) is 0 Å². The third-order valence-electron chi connectivity index (χ3n) is 3.35. The van der Waals surface area contributed by atoms with Crippen molar-refractivity contribution in [3.05, 3.63) is 28.1 Å². The summed E-state index contributed by atoms with van der Waals surface area (Å²) in [5.41, 5.74) is 0.848. The number of hydrogen-bond donors (Lipinski definition) is 1. The molecule has 4 nitrogen and oxygen atoms in total. The fraction of sp³-hybridized carbons (Fsp3) is 0.429. The van der Waals surface area contributed by atoms with Crippen molar-refractivity contribution in [2.24, 2.45) is 0 Å². The van der Waals surface area contributed by atoms with Gasteiger partial charge in [0.05, 0.1) is 10.6 Å². The summed E-state index contributed by atoms with van der Waals surface area (Å²) in [6.45, 7) is 5.41. The number of aryl methyl sites for hydroxylation is 1. The molecule has 0 bridgehead atoms. The molecule has 0 saturated carbocycles. The first-order chi connectivity index (χ1) is 9.75. The summed E-state index contributed by atoms with van der Waals surface area (Å²) in [7, 11) is 0. The van der Waals surface area contributed by atoms with E-state index in [-0.39, 0.29) is 30.7 Å². The van der Waals surface area contributed by atoms with Crippen molar-refractivity contribution in [1.29, 1.82) is 0 Å². The average molecular weight is 380 g/mol. The van der Waals surface area contributed by atoms with Crippen LogP contribution in [0.3, 0.4) is 0 Å². The molecule has 1 N–H and O–H groups in total. The molecule has 1 aliphatic rings. The highest BCUT2D eigenvalue weighted by Gasteiger charge is 2.22. The first-order valence-electron chi connectivity index (χ1n) is 6.77. The molecular formula is C14H19Cl2N3OS2. The lowest BCUT2D eigenvalue weighted by atomic mass is 10.3. The predicted octanol–water partition coefficient (Wildman–Crippen LogP) is 3.46. The fourth-order valence-electron chi connectivity index (χ4n) is 2.29. The summed E-state index contributed by atoms with van der Waals surface area (Å²) in [6.07, 6.45) is 1.02. The van der Waals surface area contributed by atoms with Gasteiger partial charge in [-0.1, -0.05) is 6.07 Å². The van der Waals surface area contributed by atoms with Gasteiger partial charge in [-0.15, -0.1) is 47.5 Å². The fourth-order valence-corrected chi connectivity index (χ4v) is 4.12. The molecular weight excluding hydrogens is 361 g/mol. The Labute approximate surface area is 150 Å². The highest BCUT2D eigenvalue weighted by Crippen LogP contribution is 2.31. The zero-order chi connectivity index (χ0) is 13.9. The van der Waals surface area contributed by atoms with E-state index in [0.29, 0.717) is 0 Å². The van der Waals surface area contributed by atoms with E-state index >= 15 is 0 Å². The second-order valence-electron chi connectivity index (χ2n) is 4.81. The Balaban J connectivity index is 0.00000121. The van der Waals surface area contributed by atoms with Gasteiger partial charge in [0.25, 0.3) is 5.91 Å². The smallest absolute Gasteiger partial charge is 0.265 e. The highest BCUT2D eigenvalue weighted by molar-refractivity contribution is 7.22. The first-order valence-corrected chi connectivity index (χ1v) is 8.46. The third kappa shape index (κ3) is 4.20. The van der Waals surface area contributed by atoms with E-state index in [1.807, 2.05) is 29.3 Å². The van der Waals surface area contributed by atoms with Crippen LogP contribution >= 0.6 is 47.5 Å². The first kappa shape index (κ1) is 19.4. The molecule has 8 heteroatoms. The molecule has 3 heterocycles. The Kier molecular flexibility index (Phi) is 7.79. The van der Waals surface area contributed by atoms with Gasteiger partial charge in [0.2, 0.25) is 0 Å². The van der Waals surface area contributed by atoms with E-state index in [2.05, 4.69) is 10.3 Å². The molecule has 122 valence electrons. The second kappa shape index (κ2) is 8.84. The molecule has 0 radical (unpaired) electrons. The Morgan fingerprint density at radius 2 is 2.14 bits per heavy atom. The molecule has 3 rings (SSSR count). The SMILES string of the molecule is Cc1nc(-c2cccs2)sc1C(=O)N1CCCNCC1.Cl.Cl. The van der Waals surface area contributed by atoms with Crippen molar-refractivity contribution in [3.63, 3.8) is 0 Å². The van der Waals surface area contributed by atoms with E-state index in [9.17, 15) is 4.79 Å². The van der Waals surface area contributed by atoms with E-state index in [1.165, 1.54) is 11.3 Å². The number of rotatable bonds is 2. The quantitative estimate of drug-likeness (QED) is 0.868. The van der Waals surface area contributed by atoms with E-state index in [4.69, 9.17) is 0 Å². The number of nitrogens with one attached hydrogen (secondary N) is 1. The number of hydrogen-bond acceptors (Lipinski definition) is 5. The Morgan fingerprint density at radius 1 is 1.32 bits per heavy atom. The number of nitrogens with zero attached hydrogens (tertiary/aromatic N) is 2. The minimum atomic E-state index is 0. The third-order valence-corrected chi connectivity index (χ3v) is 5.53. The molecule has 0 atom stereocenters. The maximum absolute atomic E-state index is 12.6. The van der Waals surface area contributed by atoms with Gasteiger partial charge in [-0.25, -0.2) is 4.98 Å². The van der Waals surface area contributed by atoms with Gasteiger partial charge in [-0.05, 0) is 31.3 Å². The van der Waals surface area contributed by atoms with Crippen LogP contribution in [0.25, 0.3) is 9.88 Å². The molecule has 22 heavy (non-hydrogen) atoms.